The Morgan fingerprint density at radius 3 is 2.74 bits per heavy atom. The van der Waals surface area contributed by atoms with E-state index in [1.54, 1.807) is 14.2 Å². The van der Waals surface area contributed by atoms with Crippen LogP contribution in [0.2, 0.25) is 0 Å². The molecule has 0 radical (unpaired) electrons. The van der Waals surface area contributed by atoms with E-state index in [9.17, 15) is 0 Å². The highest BCUT2D eigenvalue weighted by Crippen LogP contribution is 2.27. The van der Waals surface area contributed by atoms with Crippen LogP contribution in [-0.2, 0) is 11.3 Å². The standard InChI is InChI=1S/C15H23NO3/c1-11(13-6-7-19-10-13)16-9-12-4-5-14(17-2)15(8-12)18-3/h4-5,8,11,13,16H,6-7,9-10H2,1-3H3. The molecular weight excluding hydrogens is 242 g/mol. The van der Waals surface area contributed by atoms with Gasteiger partial charge in [-0.1, -0.05) is 6.07 Å². The first kappa shape index (κ1) is 14.2. The smallest absolute Gasteiger partial charge is 0.161 e. The van der Waals surface area contributed by atoms with E-state index in [4.69, 9.17) is 14.2 Å². The third-order valence-corrected chi connectivity index (χ3v) is 3.75. The van der Waals surface area contributed by atoms with Crippen LogP contribution in [0.1, 0.15) is 18.9 Å². The van der Waals surface area contributed by atoms with Gasteiger partial charge in [0.15, 0.2) is 11.5 Å². The zero-order valence-corrected chi connectivity index (χ0v) is 11.9. The van der Waals surface area contributed by atoms with E-state index in [1.807, 2.05) is 12.1 Å². The summed E-state index contributed by atoms with van der Waals surface area (Å²) in [5, 5.41) is 3.55. The fraction of sp³-hybridized carbons (Fsp3) is 0.600. The summed E-state index contributed by atoms with van der Waals surface area (Å²) in [6.07, 6.45) is 1.15. The predicted molar refractivity (Wildman–Crippen MR) is 74.8 cm³/mol. The molecule has 1 aliphatic heterocycles. The Labute approximate surface area is 115 Å². The first-order chi connectivity index (χ1) is 9.24. The van der Waals surface area contributed by atoms with Crippen molar-refractivity contribution in [2.24, 2.45) is 5.92 Å². The lowest BCUT2D eigenvalue weighted by Gasteiger charge is -2.19. The van der Waals surface area contributed by atoms with Gasteiger partial charge in [-0.25, -0.2) is 0 Å². The largest absolute Gasteiger partial charge is 0.493 e. The average Bonchev–Trinajstić information content (AvgIpc) is 2.98. The molecule has 0 saturated carbocycles. The molecule has 1 fully saturated rings. The fourth-order valence-electron chi connectivity index (χ4n) is 2.38. The molecular formula is C15H23NO3. The van der Waals surface area contributed by atoms with Crippen LogP contribution >= 0.6 is 0 Å². The molecule has 1 aliphatic rings. The van der Waals surface area contributed by atoms with Crippen LogP contribution < -0.4 is 14.8 Å². The van der Waals surface area contributed by atoms with Gasteiger partial charge in [-0.2, -0.15) is 0 Å². The molecule has 19 heavy (non-hydrogen) atoms. The molecule has 1 aromatic rings. The third-order valence-electron chi connectivity index (χ3n) is 3.75. The van der Waals surface area contributed by atoms with Gasteiger partial charge in [-0.3, -0.25) is 0 Å². The van der Waals surface area contributed by atoms with Crippen molar-refractivity contribution in [1.82, 2.24) is 5.32 Å². The van der Waals surface area contributed by atoms with Crippen molar-refractivity contribution in [2.75, 3.05) is 27.4 Å². The molecule has 2 unspecified atom stereocenters. The summed E-state index contributed by atoms with van der Waals surface area (Å²) in [6, 6.07) is 6.49. The number of hydrogen-bond donors (Lipinski definition) is 1. The number of ether oxygens (including phenoxy) is 3. The molecule has 0 amide bonds. The summed E-state index contributed by atoms with van der Waals surface area (Å²) >= 11 is 0. The Morgan fingerprint density at radius 2 is 2.11 bits per heavy atom. The molecule has 4 nitrogen and oxygen atoms in total. The van der Waals surface area contributed by atoms with Crippen LogP contribution in [-0.4, -0.2) is 33.5 Å². The van der Waals surface area contributed by atoms with Gasteiger partial charge < -0.3 is 19.5 Å². The Hall–Kier alpha value is -1.26. The second-order valence-corrected chi connectivity index (χ2v) is 4.98. The van der Waals surface area contributed by atoms with Crippen molar-refractivity contribution in [3.63, 3.8) is 0 Å². The monoisotopic (exact) mass is 265 g/mol. The zero-order valence-electron chi connectivity index (χ0n) is 11.9. The van der Waals surface area contributed by atoms with Crippen LogP contribution in [0, 0.1) is 5.92 Å². The molecule has 4 heteroatoms. The van der Waals surface area contributed by atoms with E-state index in [2.05, 4.69) is 18.3 Å². The van der Waals surface area contributed by atoms with Gasteiger partial charge in [0.2, 0.25) is 0 Å². The van der Waals surface area contributed by atoms with Crippen molar-refractivity contribution in [3.8, 4) is 11.5 Å². The highest BCUT2D eigenvalue weighted by molar-refractivity contribution is 5.42. The summed E-state index contributed by atoms with van der Waals surface area (Å²) in [5.41, 5.74) is 1.20. The molecule has 0 spiro atoms. The minimum Gasteiger partial charge on any atom is -0.493 e. The third kappa shape index (κ3) is 3.61. The fourth-order valence-corrected chi connectivity index (χ4v) is 2.38. The average molecular weight is 265 g/mol. The number of rotatable bonds is 6. The first-order valence-corrected chi connectivity index (χ1v) is 6.76. The lowest BCUT2D eigenvalue weighted by molar-refractivity contribution is 0.178. The molecule has 0 aromatic heterocycles. The first-order valence-electron chi connectivity index (χ1n) is 6.76. The van der Waals surface area contributed by atoms with E-state index >= 15 is 0 Å². The van der Waals surface area contributed by atoms with Gasteiger partial charge in [0.05, 0.1) is 20.8 Å². The number of nitrogens with one attached hydrogen (secondary N) is 1. The maximum Gasteiger partial charge on any atom is 0.161 e. The van der Waals surface area contributed by atoms with Crippen molar-refractivity contribution >= 4 is 0 Å². The Kier molecular flexibility index (Phi) is 5.05. The molecule has 0 bridgehead atoms. The van der Waals surface area contributed by atoms with Crippen molar-refractivity contribution in [3.05, 3.63) is 23.8 Å². The molecule has 1 saturated heterocycles. The Balaban J connectivity index is 1.91. The minimum atomic E-state index is 0.468. The Bertz CT molecular complexity index is 402. The molecule has 2 rings (SSSR count). The van der Waals surface area contributed by atoms with Gasteiger partial charge in [-0.05, 0) is 37.0 Å². The second kappa shape index (κ2) is 6.78. The van der Waals surface area contributed by atoms with Crippen LogP contribution in [0.15, 0.2) is 18.2 Å². The molecule has 1 heterocycles. The molecule has 106 valence electrons. The maximum absolute atomic E-state index is 5.42. The zero-order chi connectivity index (χ0) is 13.7. The molecule has 1 aromatic carbocycles. The lowest BCUT2D eigenvalue weighted by Crippen LogP contribution is -2.33. The second-order valence-electron chi connectivity index (χ2n) is 4.98. The van der Waals surface area contributed by atoms with Crippen LogP contribution in [0.3, 0.4) is 0 Å². The van der Waals surface area contributed by atoms with E-state index in [-0.39, 0.29) is 0 Å². The molecule has 1 N–H and O–H groups in total. The normalized spacial score (nSPS) is 20.3. The number of methoxy groups -OCH3 is 2. The minimum absolute atomic E-state index is 0.468. The van der Waals surface area contributed by atoms with Crippen LogP contribution in [0.25, 0.3) is 0 Å². The Morgan fingerprint density at radius 1 is 1.32 bits per heavy atom. The molecule has 2 atom stereocenters. The summed E-state index contributed by atoms with van der Waals surface area (Å²) in [4.78, 5) is 0. The van der Waals surface area contributed by atoms with Crippen molar-refractivity contribution in [1.29, 1.82) is 0 Å². The highest BCUT2D eigenvalue weighted by Gasteiger charge is 2.21. The SMILES string of the molecule is COc1ccc(CNC(C)C2CCOC2)cc1OC. The number of benzene rings is 1. The van der Waals surface area contributed by atoms with Crippen molar-refractivity contribution < 1.29 is 14.2 Å². The van der Waals surface area contributed by atoms with E-state index < -0.39 is 0 Å². The molecule has 0 aliphatic carbocycles. The van der Waals surface area contributed by atoms with Gasteiger partial charge in [0.25, 0.3) is 0 Å². The lowest BCUT2D eigenvalue weighted by atomic mass is 10.0. The topological polar surface area (TPSA) is 39.7 Å². The van der Waals surface area contributed by atoms with Crippen molar-refractivity contribution in [2.45, 2.75) is 25.9 Å². The van der Waals surface area contributed by atoms with E-state index in [1.165, 1.54) is 5.56 Å². The summed E-state index contributed by atoms with van der Waals surface area (Å²) in [6.45, 7) is 4.82. The van der Waals surface area contributed by atoms with Gasteiger partial charge in [0.1, 0.15) is 0 Å². The van der Waals surface area contributed by atoms with Gasteiger partial charge >= 0.3 is 0 Å². The summed E-state index contributed by atoms with van der Waals surface area (Å²) < 4.78 is 16.0. The van der Waals surface area contributed by atoms with Gasteiger partial charge in [-0.15, -0.1) is 0 Å². The van der Waals surface area contributed by atoms with E-state index in [0.717, 1.165) is 37.7 Å². The summed E-state index contributed by atoms with van der Waals surface area (Å²) in [7, 11) is 3.31. The highest BCUT2D eigenvalue weighted by atomic mass is 16.5. The summed E-state index contributed by atoms with van der Waals surface area (Å²) in [5.74, 6) is 2.17. The quantitative estimate of drug-likeness (QED) is 0.856. The number of hydrogen-bond acceptors (Lipinski definition) is 4. The predicted octanol–water partition coefficient (Wildman–Crippen LogP) is 2.22. The van der Waals surface area contributed by atoms with Gasteiger partial charge in [0, 0.05) is 19.2 Å². The van der Waals surface area contributed by atoms with Crippen LogP contribution in [0.4, 0.5) is 0 Å². The van der Waals surface area contributed by atoms with E-state index in [0.29, 0.717) is 12.0 Å². The van der Waals surface area contributed by atoms with Crippen LogP contribution in [0.5, 0.6) is 11.5 Å². The maximum atomic E-state index is 5.42.